The maximum Gasteiger partial charge on any atom is 0.255 e. The van der Waals surface area contributed by atoms with E-state index in [4.69, 9.17) is 5.73 Å². The smallest absolute Gasteiger partial charge is 0.255 e. The quantitative estimate of drug-likeness (QED) is 0.939. The zero-order valence-corrected chi connectivity index (χ0v) is 14.5. The van der Waals surface area contributed by atoms with Gasteiger partial charge in [0.15, 0.2) is 0 Å². The van der Waals surface area contributed by atoms with Crippen LogP contribution in [0.1, 0.15) is 46.7 Å². The summed E-state index contributed by atoms with van der Waals surface area (Å²) in [7, 11) is 0. The first kappa shape index (κ1) is 16.7. The maximum atomic E-state index is 13.0. The molecule has 0 aromatic carbocycles. The van der Waals surface area contributed by atoms with Gasteiger partial charge in [-0.05, 0) is 51.3 Å². The monoisotopic (exact) mass is 326 g/mol. The molecule has 0 radical (unpaired) electrons. The molecule has 2 aromatic heterocycles. The molecular formula is C19H26N4O. The van der Waals surface area contributed by atoms with Gasteiger partial charge >= 0.3 is 0 Å². The van der Waals surface area contributed by atoms with Gasteiger partial charge in [-0.2, -0.15) is 0 Å². The van der Waals surface area contributed by atoms with Gasteiger partial charge in [0, 0.05) is 36.7 Å². The molecule has 1 amide bonds. The number of pyridine rings is 1. The molecular weight excluding hydrogens is 300 g/mol. The van der Waals surface area contributed by atoms with E-state index in [9.17, 15) is 4.79 Å². The summed E-state index contributed by atoms with van der Waals surface area (Å²) in [4.78, 5) is 19.4. The number of hydrogen-bond donors (Lipinski definition) is 1. The van der Waals surface area contributed by atoms with Crippen LogP contribution in [0.15, 0.2) is 30.5 Å². The summed E-state index contributed by atoms with van der Waals surface area (Å²) in [5.74, 6) is 0.116. The number of piperidine rings is 1. The number of aromatic nitrogens is 2. The van der Waals surface area contributed by atoms with Crippen LogP contribution in [0.4, 0.5) is 0 Å². The number of carbonyl (C=O) groups is 1. The lowest BCUT2D eigenvalue weighted by molar-refractivity contribution is 0.0622. The second-order valence-corrected chi connectivity index (χ2v) is 6.58. The molecule has 2 N–H and O–H groups in total. The third-order valence-corrected chi connectivity index (χ3v) is 5.01. The van der Waals surface area contributed by atoms with E-state index in [2.05, 4.69) is 9.55 Å². The van der Waals surface area contributed by atoms with Crippen LogP contribution in [0, 0.1) is 13.8 Å². The number of hydrogen-bond acceptors (Lipinski definition) is 3. The van der Waals surface area contributed by atoms with Gasteiger partial charge in [0.1, 0.15) is 0 Å². The SMILES string of the molecule is Cc1cc(C(=O)N2CCCCC2CN)c(C)n1Cc1ccccn1. The minimum atomic E-state index is 0.116. The summed E-state index contributed by atoms with van der Waals surface area (Å²) in [6.07, 6.45) is 5.03. The summed E-state index contributed by atoms with van der Waals surface area (Å²) in [5.41, 5.74) is 9.76. The lowest BCUT2D eigenvalue weighted by Crippen LogP contribution is -2.47. The fourth-order valence-corrected chi connectivity index (χ4v) is 3.58. The molecule has 1 fully saturated rings. The lowest BCUT2D eigenvalue weighted by Gasteiger charge is -2.35. The van der Waals surface area contributed by atoms with Crippen molar-refractivity contribution in [1.82, 2.24) is 14.5 Å². The Morgan fingerprint density at radius 3 is 2.88 bits per heavy atom. The first-order valence-corrected chi connectivity index (χ1v) is 8.69. The summed E-state index contributed by atoms with van der Waals surface area (Å²) in [5, 5.41) is 0. The van der Waals surface area contributed by atoms with Gasteiger partial charge in [-0.1, -0.05) is 6.07 Å². The van der Waals surface area contributed by atoms with Crippen LogP contribution in [0.3, 0.4) is 0 Å². The molecule has 0 bridgehead atoms. The minimum absolute atomic E-state index is 0.116. The number of carbonyl (C=O) groups excluding carboxylic acids is 1. The number of amides is 1. The Labute approximate surface area is 143 Å². The first-order chi connectivity index (χ1) is 11.6. The van der Waals surface area contributed by atoms with Crippen LogP contribution >= 0.6 is 0 Å². The number of likely N-dealkylation sites (tertiary alicyclic amines) is 1. The minimum Gasteiger partial charge on any atom is -0.342 e. The Hall–Kier alpha value is -2.14. The van der Waals surface area contributed by atoms with Crippen molar-refractivity contribution in [2.75, 3.05) is 13.1 Å². The lowest BCUT2D eigenvalue weighted by atomic mass is 10.0. The molecule has 2 aromatic rings. The topological polar surface area (TPSA) is 64.2 Å². The average molecular weight is 326 g/mol. The molecule has 1 aliphatic rings. The van der Waals surface area contributed by atoms with Gasteiger partial charge < -0.3 is 15.2 Å². The van der Waals surface area contributed by atoms with E-state index in [0.29, 0.717) is 13.1 Å². The third-order valence-electron chi connectivity index (χ3n) is 5.01. The molecule has 5 heteroatoms. The Kier molecular flexibility index (Phi) is 5.00. The van der Waals surface area contributed by atoms with Crippen LogP contribution in [0.2, 0.25) is 0 Å². The predicted molar refractivity (Wildman–Crippen MR) is 95.0 cm³/mol. The number of nitrogens with two attached hydrogens (primary N) is 1. The normalized spacial score (nSPS) is 18.0. The fraction of sp³-hybridized carbons (Fsp3) is 0.474. The number of aryl methyl sites for hydroxylation is 1. The number of rotatable bonds is 4. The van der Waals surface area contributed by atoms with Gasteiger partial charge in [0.25, 0.3) is 5.91 Å². The molecule has 5 nitrogen and oxygen atoms in total. The van der Waals surface area contributed by atoms with Gasteiger partial charge in [-0.15, -0.1) is 0 Å². The van der Waals surface area contributed by atoms with Crippen LogP contribution in [0.5, 0.6) is 0 Å². The van der Waals surface area contributed by atoms with Crippen molar-refractivity contribution in [2.24, 2.45) is 5.73 Å². The molecule has 1 aliphatic heterocycles. The highest BCUT2D eigenvalue weighted by molar-refractivity contribution is 5.96. The van der Waals surface area contributed by atoms with Crippen LogP contribution in [-0.2, 0) is 6.54 Å². The van der Waals surface area contributed by atoms with Crippen molar-refractivity contribution in [2.45, 2.75) is 45.7 Å². The van der Waals surface area contributed by atoms with Crippen molar-refractivity contribution in [1.29, 1.82) is 0 Å². The molecule has 1 unspecified atom stereocenters. The zero-order chi connectivity index (χ0) is 17.1. The largest absolute Gasteiger partial charge is 0.342 e. The van der Waals surface area contributed by atoms with E-state index in [1.165, 1.54) is 0 Å². The summed E-state index contributed by atoms with van der Waals surface area (Å²) >= 11 is 0. The van der Waals surface area contributed by atoms with E-state index in [1.54, 1.807) is 6.20 Å². The standard InChI is InChI=1S/C19H26N4O/c1-14-11-18(19(24)22-10-6-4-8-17(22)12-20)15(2)23(14)13-16-7-3-5-9-21-16/h3,5,7,9,11,17H,4,6,8,10,12-13,20H2,1-2H3. The van der Waals surface area contributed by atoms with Crippen molar-refractivity contribution in [3.05, 3.63) is 53.1 Å². The molecule has 0 aliphatic carbocycles. The molecule has 0 saturated carbocycles. The van der Waals surface area contributed by atoms with Gasteiger partial charge in [0.2, 0.25) is 0 Å². The van der Waals surface area contributed by atoms with Crippen molar-refractivity contribution in [3.63, 3.8) is 0 Å². The second kappa shape index (κ2) is 7.18. The highest BCUT2D eigenvalue weighted by atomic mass is 16.2. The van der Waals surface area contributed by atoms with E-state index in [1.807, 2.05) is 43.0 Å². The summed E-state index contributed by atoms with van der Waals surface area (Å²) < 4.78 is 2.16. The Bertz CT molecular complexity index is 708. The van der Waals surface area contributed by atoms with Gasteiger partial charge in [-0.25, -0.2) is 0 Å². The molecule has 128 valence electrons. The Balaban J connectivity index is 1.86. The molecule has 3 rings (SSSR count). The average Bonchev–Trinajstić information content (AvgIpc) is 2.90. The zero-order valence-electron chi connectivity index (χ0n) is 14.5. The molecule has 1 saturated heterocycles. The predicted octanol–water partition coefficient (Wildman–Crippen LogP) is 2.50. The third kappa shape index (κ3) is 3.22. The number of nitrogens with zero attached hydrogens (tertiary/aromatic N) is 3. The van der Waals surface area contributed by atoms with Crippen molar-refractivity contribution in [3.8, 4) is 0 Å². The fourth-order valence-electron chi connectivity index (χ4n) is 3.58. The molecule has 24 heavy (non-hydrogen) atoms. The second-order valence-electron chi connectivity index (χ2n) is 6.58. The van der Waals surface area contributed by atoms with Crippen LogP contribution in [0.25, 0.3) is 0 Å². The van der Waals surface area contributed by atoms with E-state index in [-0.39, 0.29) is 11.9 Å². The Morgan fingerprint density at radius 1 is 1.33 bits per heavy atom. The van der Waals surface area contributed by atoms with Crippen LogP contribution in [-0.4, -0.2) is 39.5 Å². The van der Waals surface area contributed by atoms with Crippen LogP contribution < -0.4 is 5.73 Å². The van der Waals surface area contributed by atoms with Crippen molar-refractivity contribution >= 4 is 5.91 Å². The van der Waals surface area contributed by atoms with E-state index >= 15 is 0 Å². The highest BCUT2D eigenvalue weighted by Gasteiger charge is 2.28. The van der Waals surface area contributed by atoms with Gasteiger partial charge in [-0.3, -0.25) is 9.78 Å². The van der Waals surface area contributed by atoms with Gasteiger partial charge in [0.05, 0.1) is 17.8 Å². The molecule has 3 heterocycles. The van der Waals surface area contributed by atoms with E-state index in [0.717, 1.165) is 48.5 Å². The first-order valence-electron chi connectivity index (χ1n) is 8.69. The molecule has 1 atom stereocenters. The van der Waals surface area contributed by atoms with E-state index < -0.39 is 0 Å². The maximum absolute atomic E-state index is 13.0. The molecule has 0 spiro atoms. The van der Waals surface area contributed by atoms with Crippen molar-refractivity contribution < 1.29 is 4.79 Å². The summed E-state index contributed by atoms with van der Waals surface area (Å²) in [6.45, 7) is 6.10. The highest BCUT2D eigenvalue weighted by Crippen LogP contribution is 2.23. The summed E-state index contributed by atoms with van der Waals surface area (Å²) in [6, 6.07) is 8.09. The Morgan fingerprint density at radius 2 is 2.17 bits per heavy atom.